The Balaban J connectivity index is 1.61. The molecular formula is C20H39N3O. The Morgan fingerprint density at radius 2 is 1.67 bits per heavy atom. The van der Waals surface area contributed by atoms with Crippen LogP contribution >= 0.6 is 0 Å². The topological polar surface area (TPSA) is 35.6 Å². The van der Waals surface area contributed by atoms with E-state index < -0.39 is 0 Å². The Morgan fingerprint density at radius 1 is 0.958 bits per heavy atom. The van der Waals surface area contributed by atoms with E-state index in [1.54, 1.807) is 0 Å². The number of likely N-dealkylation sites (tertiary alicyclic amines) is 2. The summed E-state index contributed by atoms with van der Waals surface area (Å²) in [6.07, 6.45) is 12.3. The predicted octanol–water partition coefficient (Wildman–Crippen LogP) is 3.41. The Labute approximate surface area is 149 Å². The maximum Gasteiger partial charge on any atom is 0.237 e. The zero-order chi connectivity index (χ0) is 17.2. The Hall–Kier alpha value is -0.610. The van der Waals surface area contributed by atoms with E-state index in [9.17, 15) is 4.79 Å². The van der Waals surface area contributed by atoms with Gasteiger partial charge in [-0.25, -0.2) is 0 Å². The Kier molecular flexibility index (Phi) is 9.11. The molecule has 0 aromatic rings. The number of hydrogen-bond donors (Lipinski definition) is 1. The van der Waals surface area contributed by atoms with Gasteiger partial charge in [0.15, 0.2) is 0 Å². The van der Waals surface area contributed by atoms with Crippen LogP contribution in [0.5, 0.6) is 0 Å². The smallest absolute Gasteiger partial charge is 0.237 e. The molecule has 0 aromatic heterocycles. The summed E-state index contributed by atoms with van der Waals surface area (Å²) in [5.74, 6) is 0.275. The van der Waals surface area contributed by atoms with Crippen LogP contribution in [0.3, 0.4) is 0 Å². The highest BCUT2D eigenvalue weighted by Gasteiger charge is 2.27. The lowest BCUT2D eigenvalue weighted by atomic mass is 10.0. The molecule has 2 aliphatic rings. The standard InChI is InChI=1S/C20H39N3O/c1-3-4-14-23-17-9-6-12-19(23)20(24)21-13-7-10-16-22-15-8-5-11-18(22)2/h18-19H,3-17H2,1-2H3,(H,21,24)/t18-,19+/m1/s1. The second-order valence-electron chi connectivity index (χ2n) is 7.78. The number of carbonyl (C=O) groups excluding carboxylic acids is 1. The van der Waals surface area contributed by atoms with Gasteiger partial charge in [-0.15, -0.1) is 0 Å². The molecule has 2 heterocycles. The molecule has 2 rings (SSSR count). The van der Waals surface area contributed by atoms with E-state index in [1.165, 1.54) is 64.5 Å². The van der Waals surface area contributed by atoms with Gasteiger partial charge in [-0.05, 0) is 78.0 Å². The zero-order valence-electron chi connectivity index (χ0n) is 16.1. The van der Waals surface area contributed by atoms with Crippen molar-refractivity contribution in [1.29, 1.82) is 0 Å². The van der Waals surface area contributed by atoms with Gasteiger partial charge < -0.3 is 10.2 Å². The third kappa shape index (κ3) is 6.36. The number of hydrogen-bond acceptors (Lipinski definition) is 3. The molecule has 24 heavy (non-hydrogen) atoms. The van der Waals surface area contributed by atoms with E-state index >= 15 is 0 Å². The maximum absolute atomic E-state index is 12.5. The molecule has 140 valence electrons. The molecule has 1 amide bonds. The molecule has 0 aromatic carbocycles. The number of amides is 1. The van der Waals surface area contributed by atoms with Crippen LogP contribution in [0.15, 0.2) is 0 Å². The van der Waals surface area contributed by atoms with Gasteiger partial charge in [0.2, 0.25) is 5.91 Å². The van der Waals surface area contributed by atoms with Gasteiger partial charge in [-0.3, -0.25) is 9.69 Å². The lowest BCUT2D eigenvalue weighted by Gasteiger charge is -2.34. The predicted molar refractivity (Wildman–Crippen MR) is 101 cm³/mol. The van der Waals surface area contributed by atoms with Gasteiger partial charge in [0.05, 0.1) is 6.04 Å². The van der Waals surface area contributed by atoms with Crippen molar-refractivity contribution < 1.29 is 4.79 Å². The van der Waals surface area contributed by atoms with Crippen molar-refractivity contribution >= 4 is 5.91 Å². The first-order valence-electron chi connectivity index (χ1n) is 10.5. The summed E-state index contributed by atoms with van der Waals surface area (Å²) in [5, 5.41) is 3.21. The molecule has 2 saturated heterocycles. The van der Waals surface area contributed by atoms with E-state index in [1.807, 2.05) is 0 Å². The van der Waals surface area contributed by atoms with Crippen molar-refractivity contribution in [2.45, 2.75) is 90.1 Å². The quantitative estimate of drug-likeness (QED) is 0.655. The average molecular weight is 338 g/mol. The van der Waals surface area contributed by atoms with E-state index in [0.717, 1.165) is 38.5 Å². The number of nitrogens with zero attached hydrogens (tertiary/aromatic N) is 2. The molecule has 0 aliphatic carbocycles. The summed E-state index contributed by atoms with van der Waals surface area (Å²) in [7, 11) is 0. The average Bonchev–Trinajstić information content (AvgIpc) is 2.61. The minimum Gasteiger partial charge on any atom is -0.355 e. The summed E-state index contributed by atoms with van der Waals surface area (Å²) in [6, 6.07) is 0.884. The Morgan fingerprint density at radius 3 is 2.42 bits per heavy atom. The minimum atomic E-state index is 0.132. The zero-order valence-corrected chi connectivity index (χ0v) is 16.1. The van der Waals surface area contributed by atoms with Gasteiger partial charge in [0.1, 0.15) is 0 Å². The fourth-order valence-corrected chi connectivity index (χ4v) is 4.18. The fraction of sp³-hybridized carbons (Fsp3) is 0.950. The van der Waals surface area contributed by atoms with Crippen LogP contribution in [0.25, 0.3) is 0 Å². The van der Waals surface area contributed by atoms with Crippen LogP contribution in [0.1, 0.15) is 78.1 Å². The van der Waals surface area contributed by atoms with Gasteiger partial charge >= 0.3 is 0 Å². The third-order valence-electron chi connectivity index (χ3n) is 5.83. The molecule has 2 fully saturated rings. The van der Waals surface area contributed by atoms with Crippen LogP contribution < -0.4 is 5.32 Å². The molecule has 0 saturated carbocycles. The molecule has 2 atom stereocenters. The molecular weight excluding hydrogens is 298 g/mol. The van der Waals surface area contributed by atoms with Crippen LogP contribution in [0.2, 0.25) is 0 Å². The minimum absolute atomic E-state index is 0.132. The molecule has 0 spiro atoms. The first-order chi connectivity index (χ1) is 11.7. The number of rotatable bonds is 9. The number of nitrogens with one attached hydrogen (secondary N) is 1. The van der Waals surface area contributed by atoms with E-state index in [4.69, 9.17) is 0 Å². The fourth-order valence-electron chi connectivity index (χ4n) is 4.18. The van der Waals surface area contributed by atoms with Crippen molar-refractivity contribution in [1.82, 2.24) is 15.1 Å². The van der Waals surface area contributed by atoms with Crippen molar-refractivity contribution in [3.63, 3.8) is 0 Å². The lowest BCUT2D eigenvalue weighted by molar-refractivity contribution is -0.127. The van der Waals surface area contributed by atoms with Crippen LogP contribution in [-0.4, -0.2) is 60.5 Å². The molecule has 4 nitrogen and oxygen atoms in total. The van der Waals surface area contributed by atoms with Gasteiger partial charge in [0.25, 0.3) is 0 Å². The number of piperidine rings is 2. The highest BCUT2D eigenvalue weighted by Crippen LogP contribution is 2.18. The molecule has 0 bridgehead atoms. The molecule has 2 aliphatic heterocycles. The summed E-state index contributed by atoms with van der Waals surface area (Å²) < 4.78 is 0. The van der Waals surface area contributed by atoms with Gasteiger partial charge in [-0.2, -0.15) is 0 Å². The molecule has 4 heteroatoms. The SMILES string of the molecule is CCCCN1CCCC[C@H]1C(=O)NCCCCN1CCCC[C@H]1C. The van der Waals surface area contributed by atoms with Crippen molar-refractivity contribution in [3.05, 3.63) is 0 Å². The normalized spacial score (nSPS) is 26.4. The second-order valence-corrected chi connectivity index (χ2v) is 7.78. The first kappa shape index (κ1) is 19.7. The second kappa shape index (κ2) is 11.1. The van der Waals surface area contributed by atoms with E-state index in [0.29, 0.717) is 0 Å². The number of carbonyl (C=O) groups is 1. The van der Waals surface area contributed by atoms with E-state index in [2.05, 4.69) is 29.0 Å². The highest BCUT2D eigenvalue weighted by molar-refractivity contribution is 5.81. The molecule has 0 unspecified atom stereocenters. The van der Waals surface area contributed by atoms with Crippen LogP contribution in [0, 0.1) is 0 Å². The molecule has 1 N–H and O–H groups in total. The molecule has 0 radical (unpaired) electrons. The number of unbranched alkanes of at least 4 members (excludes halogenated alkanes) is 2. The van der Waals surface area contributed by atoms with E-state index in [-0.39, 0.29) is 11.9 Å². The van der Waals surface area contributed by atoms with Crippen LogP contribution in [-0.2, 0) is 4.79 Å². The first-order valence-corrected chi connectivity index (χ1v) is 10.5. The maximum atomic E-state index is 12.5. The van der Waals surface area contributed by atoms with Gasteiger partial charge in [-0.1, -0.05) is 26.2 Å². The monoisotopic (exact) mass is 337 g/mol. The van der Waals surface area contributed by atoms with Crippen LogP contribution in [0.4, 0.5) is 0 Å². The third-order valence-corrected chi connectivity index (χ3v) is 5.83. The van der Waals surface area contributed by atoms with Crippen molar-refractivity contribution in [3.8, 4) is 0 Å². The van der Waals surface area contributed by atoms with Crippen molar-refractivity contribution in [2.75, 3.05) is 32.7 Å². The summed E-state index contributed by atoms with van der Waals surface area (Å²) in [4.78, 5) is 17.6. The highest BCUT2D eigenvalue weighted by atomic mass is 16.2. The Bertz CT molecular complexity index is 361. The largest absolute Gasteiger partial charge is 0.355 e. The summed E-state index contributed by atoms with van der Waals surface area (Å²) in [5.41, 5.74) is 0. The lowest BCUT2D eigenvalue weighted by Crippen LogP contribution is -2.49. The summed E-state index contributed by atoms with van der Waals surface area (Å²) >= 11 is 0. The summed E-state index contributed by atoms with van der Waals surface area (Å²) in [6.45, 7) is 10.1. The van der Waals surface area contributed by atoms with Gasteiger partial charge in [0, 0.05) is 12.6 Å². The van der Waals surface area contributed by atoms with Crippen molar-refractivity contribution in [2.24, 2.45) is 0 Å².